The van der Waals surface area contributed by atoms with E-state index in [0.29, 0.717) is 53.8 Å². The topological polar surface area (TPSA) is 98.7 Å². The molecule has 31 heavy (non-hydrogen) atoms. The maximum Gasteiger partial charge on any atom is 0.325 e. The third-order valence-electron chi connectivity index (χ3n) is 6.05. The standard InChI is InChI=1S/C20H23ClN6O3S/c21-16-12-14(20(28)26-8-1-2-9-26)13-23-18(16)25-10-5-15(6-11-25)27-19-17(4-3-7-22-19)24-31(27,29)30/h3-4,7,12-13,15,24H,1-2,5-6,8-11H2. The Kier molecular flexibility index (Phi) is 5.13. The summed E-state index contributed by atoms with van der Waals surface area (Å²) in [5.74, 6) is 1.04. The van der Waals surface area contributed by atoms with Gasteiger partial charge >= 0.3 is 10.2 Å². The Morgan fingerprint density at radius 3 is 2.55 bits per heavy atom. The predicted octanol–water partition coefficient (Wildman–Crippen LogP) is 2.51. The largest absolute Gasteiger partial charge is 0.355 e. The van der Waals surface area contributed by atoms with Gasteiger partial charge in [-0.3, -0.25) is 9.52 Å². The number of fused-ring (bicyclic) bond motifs is 1. The average molecular weight is 463 g/mol. The molecule has 2 saturated heterocycles. The summed E-state index contributed by atoms with van der Waals surface area (Å²) in [5, 5.41) is 0.436. The maximum absolute atomic E-state index is 12.6. The molecule has 0 aliphatic carbocycles. The highest BCUT2D eigenvalue weighted by Crippen LogP contribution is 2.38. The lowest BCUT2D eigenvalue weighted by atomic mass is 10.0. The van der Waals surface area contributed by atoms with Gasteiger partial charge in [0.15, 0.2) is 5.82 Å². The molecular weight excluding hydrogens is 440 g/mol. The van der Waals surface area contributed by atoms with Crippen molar-refractivity contribution in [2.45, 2.75) is 31.7 Å². The van der Waals surface area contributed by atoms with E-state index >= 15 is 0 Å². The third-order valence-corrected chi connectivity index (χ3v) is 7.80. The molecule has 2 fully saturated rings. The quantitative estimate of drug-likeness (QED) is 0.752. The van der Waals surface area contributed by atoms with Crippen LogP contribution >= 0.6 is 11.6 Å². The van der Waals surface area contributed by atoms with Gasteiger partial charge in [0.1, 0.15) is 5.82 Å². The zero-order chi connectivity index (χ0) is 21.6. The van der Waals surface area contributed by atoms with Crippen LogP contribution in [0.5, 0.6) is 0 Å². The Hall–Kier alpha value is -2.59. The minimum atomic E-state index is -3.64. The first-order valence-corrected chi connectivity index (χ1v) is 12.2. The fourth-order valence-corrected chi connectivity index (χ4v) is 6.32. The number of carbonyl (C=O) groups excluding carboxylic acids is 1. The summed E-state index contributed by atoms with van der Waals surface area (Å²) in [7, 11) is -3.64. The van der Waals surface area contributed by atoms with Crippen LogP contribution in [0.15, 0.2) is 30.6 Å². The first-order valence-electron chi connectivity index (χ1n) is 10.4. The van der Waals surface area contributed by atoms with E-state index in [1.165, 1.54) is 4.31 Å². The monoisotopic (exact) mass is 462 g/mol. The van der Waals surface area contributed by atoms with E-state index in [1.54, 1.807) is 30.6 Å². The van der Waals surface area contributed by atoms with E-state index in [1.807, 2.05) is 9.80 Å². The Balaban J connectivity index is 1.29. The molecule has 1 amide bonds. The van der Waals surface area contributed by atoms with Crippen LogP contribution in [-0.4, -0.2) is 61.4 Å². The molecule has 1 N–H and O–H groups in total. The van der Waals surface area contributed by atoms with Crippen molar-refractivity contribution in [1.29, 1.82) is 0 Å². The molecule has 3 aliphatic heterocycles. The summed E-state index contributed by atoms with van der Waals surface area (Å²) in [6.45, 7) is 2.76. The minimum Gasteiger partial charge on any atom is -0.355 e. The number of likely N-dealkylation sites (tertiary alicyclic amines) is 1. The minimum absolute atomic E-state index is 0.0323. The molecule has 0 atom stereocenters. The summed E-state index contributed by atoms with van der Waals surface area (Å²) >= 11 is 6.49. The van der Waals surface area contributed by atoms with Gasteiger partial charge in [-0.2, -0.15) is 8.42 Å². The van der Waals surface area contributed by atoms with E-state index in [-0.39, 0.29) is 11.9 Å². The van der Waals surface area contributed by atoms with Crippen LogP contribution in [0.1, 0.15) is 36.0 Å². The number of nitrogens with one attached hydrogen (secondary N) is 1. The number of amides is 1. The fraction of sp³-hybridized carbons (Fsp3) is 0.450. The first kappa shape index (κ1) is 20.3. The molecule has 0 radical (unpaired) electrons. The van der Waals surface area contributed by atoms with Gasteiger partial charge in [-0.15, -0.1) is 0 Å². The van der Waals surface area contributed by atoms with Crippen molar-refractivity contribution in [2.75, 3.05) is 40.1 Å². The van der Waals surface area contributed by atoms with Gasteiger partial charge in [0.2, 0.25) is 0 Å². The van der Waals surface area contributed by atoms with Gasteiger partial charge in [0.05, 0.1) is 22.3 Å². The van der Waals surface area contributed by atoms with Crippen LogP contribution in [-0.2, 0) is 10.2 Å². The predicted molar refractivity (Wildman–Crippen MR) is 119 cm³/mol. The second-order valence-electron chi connectivity index (χ2n) is 8.02. The molecule has 0 aromatic carbocycles. The Morgan fingerprint density at radius 1 is 1.10 bits per heavy atom. The highest BCUT2D eigenvalue weighted by atomic mass is 35.5. The number of halogens is 1. The number of nitrogens with zero attached hydrogens (tertiary/aromatic N) is 5. The van der Waals surface area contributed by atoms with E-state index < -0.39 is 10.2 Å². The second-order valence-corrected chi connectivity index (χ2v) is 9.98. The fourth-order valence-electron chi connectivity index (χ4n) is 4.52. The average Bonchev–Trinajstić information content (AvgIpc) is 3.38. The first-order chi connectivity index (χ1) is 14.9. The zero-order valence-corrected chi connectivity index (χ0v) is 18.4. The summed E-state index contributed by atoms with van der Waals surface area (Å²) in [6, 6.07) is 4.91. The van der Waals surface area contributed by atoms with Crippen LogP contribution in [0.25, 0.3) is 0 Å². The van der Waals surface area contributed by atoms with Gasteiger partial charge in [0.25, 0.3) is 5.91 Å². The molecule has 3 aliphatic rings. The molecule has 164 valence electrons. The van der Waals surface area contributed by atoms with Crippen molar-refractivity contribution in [1.82, 2.24) is 14.9 Å². The van der Waals surface area contributed by atoms with Gasteiger partial charge in [-0.05, 0) is 43.9 Å². The molecule has 9 nitrogen and oxygen atoms in total. The molecule has 0 unspecified atom stereocenters. The van der Waals surface area contributed by atoms with Crippen molar-refractivity contribution in [3.63, 3.8) is 0 Å². The Bertz CT molecular complexity index is 1110. The van der Waals surface area contributed by atoms with Crippen LogP contribution < -0.4 is 13.9 Å². The highest BCUT2D eigenvalue weighted by Gasteiger charge is 2.40. The molecule has 11 heteroatoms. The number of aromatic nitrogens is 2. The number of hydrogen-bond donors (Lipinski definition) is 1. The van der Waals surface area contributed by atoms with E-state index in [0.717, 1.165) is 25.9 Å². The van der Waals surface area contributed by atoms with Crippen molar-refractivity contribution in [2.24, 2.45) is 0 Å². The number of rotatable bonds is 3. The van der Waals surface area contributed by atoms with Crippen molar-refractivity contribution >= 4 is 45.0 Å². The normalized spacial score (nSPS) is 20.6. The number of piperidine rings is 1. The maximum atomic E-state index is 12.6. The van der Waals surface area contributed by atoms with Crippen LogP contribution in [0.4, 0.5) is 17.3 Å². The third kappa shape index (κ3) is 3.67. The Morgan fingerprint density at radius 2 is 1.84 bits per heavy atom. The van der Waals surface area contributed by atoms with Crippen LogP contribution in [0, 0.1) is 0 Å². The lowest BCUT2D eigenvalue weighted by molar-refractivity contribution is 0.0792. The number of carbonyl (C=O) groups is 1. The number of pyridine rings is 2. The molecule has 2 aromatic rings. The van der Waals surface area contributed by atoms with Crippen molar-refractivity contribution < 1.29 is 13.2 Å². The molecular formula is C20H23ClN6O3S. The van der Waals surface area contributed by atoms with Crippen LogP contribution in [0.2, 0.25) is 5.02 Å². The van der Waals surface area contributed by atoms with Gasteiger partial charge in [0, 0.05) is 38.6 Å². The van der Waals surface area contributed by atoms with Gasteiger partial charge < -0.3 is 9.80 Å². The van der Waals surface area contributed by atoms with Crippen molar-refractivity contribution in [3.8, 4) is 0 Å². The zero-order valence-electron chi connectivity index (χ0n) is 16.9. The molecule has 2 aromatic heterocycles. The van der Waals surface area contributed by atoms with Crippen molar-refractivity contribution in [3.05, 3.63) is 41.2 Å². The summed E-state index contributed by atoms with van der Waals surface area (Å²) in [6.07, 6.45) is 6.47. The van der Waals surface area contributed by atoms with Gasteiger partial charge in [-0.25, -0.2) is 14.3 Å². The van der Waals surface area contributed by atoms with Gasteiger partial charge in [-0.1, -0.05) is 11.6 Å². The van der Waals surface area contributed by atoms with E-state index in [4.69, 9.17) is 11.6 Å². The van der Waals surface area contributed by atoms with Crippen LogP contribution in [0.3, 0.4) is 0 Å². The summed E-state index contributed by atoms with van der Waals surface area (Å²) in [5.41, 5.74) is 1.01. The number of hydrogen-bond acceptors (Lipinski definition) is 6. The molecule has 0 spiro atoms. The van der Waals surface area contributed by atoms with E-state index in [9.17, 15) is 13.2 Å². The molecule has 0 bridgehead atoms. The summed E-state index contributed by atoms with van der Waals surface area (Å²) in [4.78, 5) is 25.2. The molecule has 5 heterocycles. The SMILES string of the molecule is O=C(c1cnc(N2CCC(N3c4ncccc4NS3(=O)=O)CC2)c(Cl)c1)N1CCCC1. The molecule has 0 saturated carbocycles. The number of anilines is 3. The molecule has 5 rings (SSSR count). The Labute approximate surface area is 186 Å². The van der Waals surface area contributed by atoms with E-state index in [2.05, 4.69) is 14.7 Å². The lowest BCUT2D eigenvalue weighted by Crippen LogP contribution is -2.47. The smallest absolute Gasteiger partial charge is 0.325 e. The highest BCUT2D eigenvalue weighted by molar-refractivity contribution is 7.94. The lowest BCUT2D eigenvalue weighted by Gasteiger charge is -2.36. The second kappa shape index (κ2) is 7.83. The summed E-state index contributed by atoms with van der Waals surface area (Å²) < 4.78 is 29.2.